The number of thiazole rings is 1. The molecule has 0 aliphatic carbocycles. The largest absolute Gasteiger partial charge is 0.507 e. The second-order valence-electron chi connectivity index (χ2n) is 6.64. The highest BCUT2D eigenvalue weighted by Crippen LogP contribution is 2.43. The summed E-state index contributed by atoms with van der Waals surface area (Å²) in [6.45, 7) is 0. The molecule has 11 nitrogen and oxygen atoms in total. The topological polar surface area (TPSA) is 157 Å². The van der Waals surface area contributed by atoms with Gasteiger partial charge in [0, 0.05) is 41.4 Å². The van der Waals surface area contributed by atoms with Crippen molar-refractivity contribution in [1.82, 2.24) is 4.98 Å². The van der Waals surface area contributed by atoms with Gasteiger partial charge in [-0.1, -0.05) is 12.1 Å². The Hall–Kier alpha value is -4.45. The van der Waals surface area contributed by atoms with Crippen LogP contribution in [0.1, 0.15) is 17.2 Å². The van der Waals surface area contributed by atoms with Gasteiger partial charge in [-0.25, -0.2) is 4.98 Å². The minimum absolute atomic E-state index is 0.0724. The molecule has 1 amide bonds. The molecule has 0 bridgehead atoms. The van der Waals surface area contributed by atoms with Crippen molar-refractivity contribution in [3.8, 4) is 0 Å². The van der Waals surface area contributed by atoms with Crippen molar-refractivity contribution in [2.45, 2.75) is 6.04 Å². The summed E-state index contributed by atoms with van der Waals surface area (Å²) >= 11 is 1.08. The van der Waals surface area contributed by atoms with Gasteiger partial charge in [-0.15, -0.1) is 11.3 Å². The Morgan fingerprint density at radius 2 is 1.72 bits per heavy atom. The van der Waals surface area contributed by atoms with E-state index in [4.69, 9.17) is 0 Å². The van der Waals surface area contributed by atoms with Crippen LogP contribution in [0, 0.1) is 20.2 Å². The first-order chi connectivity index (χ1) is 15.3. The molecule has 12 heteroatoms. The van der Waals surface area contributed by atoms with Gasteiger partial charge in [0.2, 0.25) is 0 Å². The van der Waals surface area contributed by atoms with Crippen molar-refractivity contribution >= 4 is 45.3 Å². The third-order valence-corrected chi connectivity index (χ3v) is 5.59. The number of rotatable bonds is 5. The lowest BCUT2D eigenvalue weighted by atomic mass is 9.95. The molecule has 160 valence electrons. The molecule has 0 spiro atoms. The minimum Gasteiger partial charge on any atom is -0.507 e. The first-order valence-corrected chi connectivity index (χ1v) is 9.87. The van der Waals surface area contributed by atoms with Crippen LogP contribution in [0.4, 0.5) is 16.5 Å². The Bertz CT molecular complexity index is 1290. The van der Waals surface area contributed by atoms with E-state index < -0.39 is 33.3 Å². The van der Waals surface area contributed by atoms with Crippen molar-refractivity contribution in [3.05, 3.63) is 97.0 Å². The lowest BCUT2D eigenvalue weighted by molar-refractivity contribution is -0.385. The molecule has 3 aromatic rings. The Balaban J connectivity index is 1.92. The van der Waals surface area contributed by atoms with Crippen LogP contribution >= 0.6 is 11.3 Å². The number of nitro groups is 2. The molecule has 0 saturated carbocycles. The summed E-state index contributed by atoms with van der Waals surface area (Å²) < 4.78 is 0. The molecule has 0 radical (unpaired) electrons. The molecule has 4 rings (SSSR count). The normalized spacial score (nSPS) is 17.5. The number of hydrogen-bond donors (Lipinski definition) is 1. The van der Waals surface area contributed by atoms with E-state index in [1.807, 2.05) is 0 Å². The number of benzene rings is 2. The van der Waals surface area contributed by atoms with E-state index in [0.717, 1.165) is 28.4 Å². The summed E-state index contributed by atoms with van der Waals surface area (Å²) in [5.41, 5.74) is -0.498. The van der Waals surface area contributed by atoms with Gasteiger partial charge in [0.05, 0.1) is 21.5 Å². The third kappa shape index (κ3) is 3.48. The van der Waals surface area contributed by atoms with E-state index >= 15 is 0 Å². The average Bonchev–Trinajstić information content (AvgIpc) is 3.40. The zero-order valence-corrected chi connectivity index (χ0v) is 16.8. The van der Waals surface area contributed by atoms with E-state index in [1.165, 1.54) is 42.6 Å². The van der Waals surface area contributed by atoms with E-state index in [9.17, 15) is 34.9 Å². The number of carbonyl (C=O) groups excluding carboxylic acids is 2. The van der Waals surface area contributed by atoms with Crippen LogP contribution in [0.3, 0.4) is 0 Å². The van der Waals surface area contributed by atoms with Crippen LogP contribution in [-0.2, 0) is 9.59 Å². The van der Waals surface area contributed by atoms with Gasteiger partial charge >= 0.3 is 5.91 Å². The number of nitro benzene ring substituents is 2. The molecule has 1 saturated heterocycles. The zero-order valence-electron chi connectivity index (χ0n) is 15.9. The number of non-ortho nitro benzene ring substituents is 2. The fraction of sp³-hybridized carbons (Fsp3) is 0.0500. The summed E-state index contributed by atoms with van der Waals surface area (Å²) in [6.07, 6.45) is 1.43. The SMILES string of the molecule is O=C1C(=O)N(c2nccs2)[C@@H](c2cccc([N+](=O)[O-])c2)/C1=C(\O)c1ccc([N+](=O)[O-])cc1. The number of aliphatic hydroxyl groups is 1. The Morgan fingerprint density at radius 3 is 2.31 bits per heavy atom. The number of amides is 1. The third-order valence-electron chi connectivity index (χ3n) is 4.82. The molecule has 1 aliphatic heterocycles. The van der Waals surface area contributed by atoms with Crippen LogP contribution in [0.2, 0.25) is 0 Å². The molecule has 1 fully saturated rings. The van der Waals surface area contributed by atoms with Crippen molar-refractivity contribution in [2.24, 2.45) is 0 Å². The second kappa shape index (κ2) is 8.00. The Labute approximate surface area is 183 Å². The molecule has 1 aliphatic rings. The van der Waals surface area contributed by atoms with Gasteiger partial charge in [0.25, 0.3) is 17.2 Å². The number of anilines is 1. The minimum atomic E-state index is -1.18. The molecule has 1 atom stereocenters. The molecular formula is C20H12N4O7S. The van der Waals surface area contributed by atoms with Gasteiger partial charge in [0.15, 0.2) is 5.13 Å². The molecule has 32 heavy (non-hydrogen) atoms. The summed E-state index contributed by atoms with van der Waals surface area (Å²) in [6, 6.07) is 8.97. The van der Waals surface area contributed by atoms with Gasteiger partial charge < -0.3 is 5.11 Å². The Morgan fingerprint density at radius 1 is 1.03 bits per heavy atom. The zero-order chi connectivity index (χ0) is 23.0. The van der Waals surface area contributed by atoms with Crippen LogP contribution in [0.5, 0.6) is 0 Å². The lowest BCUT2D eigenvalue weighted by Gasteiger charge is -2.22. The van der Waals surface area contributed by atoms with Gasteiger partial charge in [-0.3, -0.25) is 34.7 Å². The van der Waals surface area contributed by atoms with Crippen LogP contribution in [-0.4, -0.2) is 31.6 Å². The quantitative estimate of drug-likeness (QED) is 0.202. The highest BCUT2D eigenvalue weighted by Gasteiger charge is 2.48. The van der Waals surface area contributed by atoms with Crippen molar-refractivity contribution in [2.75, 3.05) is 4.90 Å². The Kier molecular flexibility index (Phi) is 5.20. The summed E-state index contributed by atoms with van der Waals surface area (Å²) in [7, 11) is 0. The van der Waals surface area contributed by atoms with Crippen LogP contribution in [0.15, 0.2) is 65.7 Å². The summed E-state index contributed by atoms with van der Waals surface area (Å²) in [5.74, 6) is -2.53. The predicted molar refractivity (Wildman–Crippen MR) is 113 cm³/mol. The number of aromatic nitrogens is 1. The van der Waals surface area contributed by atoms with E-state index in [0.29, 0.717) is 0 Å². The second-order valence-corrected chi connectivity index (χ2v) is 7.51. The number of nitrogens with zero attached hydrogens (tertiary/aromatic N) is 4. The van der Waals surface area contributed by atoms with Crippen LogP contribution in [0.25, 0.3) is 5.76 Å². The van der Waals surface area contributed by atoms with E-state index in [-0.39, 0.29) is 33.2 Å². The average molecular weight is 452 g/mol. The van der Waals surface area contributed by atoms with Crippen molar-refractivity contribution in [1.29, 1.82) is 0 Å². The number of carbonyl (C=O) groups is 2. The lowest BCUT2D eigenvalue weighted by Crippen LogP contribution is -2.29. The molecule has 2 aromatic carbocycles. The summed E-state index contributed by atoms with van der Waals surface area (Å²) in [4.78, 5) is 51.9. The molecule has 2 heterocycles. The van der Waals surface area contributed by atoms with E-state index in [2.05, 4.69) is 4.98 Å². The number of aliphatic hydroxyl groups excluding tert-OH is 1. The highest BCUT2D eigenvalue weighted by atomic mass is 32.1. The van der Waals surface area contributed by atoms with Crippen molar-refractivity contribution < 1.29 is 24.5 Å². The fourth-order valence-electron chi connectivity index (χ4n) is 3.39. The van der Waals surface area contributed by atoms with E-state index in [1.54, 1.807) is 5.38 Å². The summed E-state index contributed by atoms with van der Waals surface area (Å²) in [5, 5.41) is 34.8. The number of Topliss-reactive ketones (excluding diaryl/α,β-unsaturated/α-hetero) is 1. The maximum atomic E-state index is 12.9. The highest BCUT2D eigenvalue weighted by molar-refractivity contribution is 7.14. The fourth-order valence-corrected chi connectivity index (χ4v) is 4.05. The number of hydrogen-bond acceptors (Lipinski definition) is 9. The standard InChI is InChI=1S/C20H12N4O7S/c25-17(11-4-6-13(7-5-11)23(28)29)15-16(12-2-1-3-14(10-12)24(30)31)22(19(27)18(15)26)20-21-8-9-32-20/h1-10,16,25H/b17-15+/t16-/m0/s1. The maximum absolute atomic E-state index is 12.9. The van der Waals surface area contributed by atoms with Crippen LogP contribution < -0.4 is 4.90 Å². The maximum Gasteiger partial charge on any atom is 0.301 e. The van der Waals surface area contributed by atoms with Gasteiger partial charge in [-0.05, 0) is 17.7 Å². The first-order valence-electron chi connectivity index (χ1n) is 8.99. The molecule has 1 N–H and O–H groups in total. The molecule has 1 aromatic heterocycles. The predicted octanol–water partition coefficient (Wildman–Crippen LogP) is 3.59. The van der Waals surface area contributed by atoms with Gasteiger partial charge in [-0.2, -0.15) is 0 Å². The van der Waals surface area contributed by atoms with Gasteiger partial charge in [0.1, 0.15) is 5.76 Å². The molecule has 0 unspecified atom stereocenters. The molecular weight excluding hydrogens is 440 g/mol. The first kappa shape index (κ1) is 20.8. The monoisotopic (exact) mass is 452 g/mol. The van der Waals surface area contributed by atoms with Crippen molar-refractivity contribution in [3.63, 3.8) is 0 Å². The number of ketones is 1. The smallest absolute Gasteiger partial charge is 0.301 e.